The maximum Gasteiger partial charge on any atom is 0.257 e. The molecule has 1 heterocycles. The fourth-order valence-corrected chi connectivity index (χ4v) is 2.31. The minimum absolute atomic E-state index is 0.129. The first-order chi connectivity index (χ1) is 8.58. The van der Waals surface area contributed by atoms with E-state index in [2.05, 4.69) is 29.4 Å². The summed E-state index contributed by atoms with van der Waals surface area (Å²) in [6.45, 7) is 6.00. The van der Waals surface area contributed by atoms with Crippen LogP contribution in [0.15, 0.2) is 24.3 Å². The Morgan fingerprint density at radius 3 is 2.61 bits per heavy atom. The minimum Gasteiger partial charge on any atom is -0.296 e. The first-order valence-corrected chi connectivity index (χ1v) is 6.60. The number of amides is 1. The second-order valence-electron chi connectivity index (χ2n) is 4.32. The van der Waals surface area contributed by atoms with Crippen molar-refractivity contribution in [2.75, 3.05) is 5.32 Å². The van der Waals surface area contributed by atoms with Gasteiger partial charge in [0.1, 0.15) is 5.01 Å². The van der Waals surface area contributed by atoms with Gasteiger partial charge in [-0.1, -0.05) is 43.4 Å². The van der Waals surface area contributed by atoms with E-state index in [1.807, 2.05) is 31.2 Å². The molecule has 18 heavy (non-hydrogen) atoms. The molecule has 0 spiro atoms. The summed E-state index contributed by atoms with van der Waals surface area (Å²) >= 11 is 1.37. The van der Waals surface area contributed by atoms with Gasteiger partial charge in [0.05, 0.1) is 0 Å². The van der Waals surface area contributed by atoms with Crippen molar-refractivity contribution in [3.63, 3.8) is 0 Å². The van der Waals surface area contributed by atoms with Gasteiger partial charge < -0.3 is 0 Å². The lowest BCUT2D eigenvalue weighted by Gasteiger charge is -2.11. The Bertz CT molecular complexity index is 563. The van der Waals surface area contributed by atoms with Crippen molar-refractivity contribution >= 4 is 22.4 Å². The number of rotatable bonds is 3. The predicted molar refractivity (Wildman–Crippen MR) is 73.1 cm³/mol. The molecule has 1 aromatic carbocycles. The molecule has 0 atom stereocenters. The summed E-state index contributed by atoms with van der Waals surface area (Å²) < 4.78 is 0. The molecule has 0 radical (unpaired) electrons. The van der Waals surface area contributed by atoms with Crippen LogP contribution in [0.2, 0.25) is 0 Å². The topological polar surface area (TPSA) is 54.9 Å². The third-order valence-electron chi connectivity index (χ3n) is 2.57. The SMILES string of the molecule is Cc1nnc(NC(=O)c2ccccc2C(C)C)s1. The number of carbonyl (C=O) groups excluding carboxylic acids is 1. The van der Waals surface area contributed by atoms with Crippen molar-refractivity contribution in [1.29, 1.82) is 0 Å². The van der Waals surface area contributed by atoms with E-state index < -0.39 is 0 Å². The Kier molecular flexibility index (Phi) is 3.72. The highest BCUT2D eigenvalue weighted by Crippen LogP contribution is 2.21. The standard InChI is InChI=1S/C13H15N3OS/c1-8(2)10-6-4-5-7-11(10)12(17)14-13-16-15-9(3)18-13/h4-8H,1-3H3,(H,14,16,17). The summed E-state index contributed by atoms with van der Waals surface area (Å²) in [5, 5.41) is 11.9. The van der Waals surface area contributed by atoms with Gasteiger partial charge in [0.25, 0.3) is 5.91 Å². The molecule has 2 rings (SSSR count). The number of anilines is 1. The summed E-state index contributed by atoms with van der Waals surface area (Å²) in [4.78, 5) is 12.2. The zero-order valence-corrected chi connectivity index (χ0v) is 11.4. The fourth-order valence-electron chi connectivity index (χ4n) is 1.72. The first-order valence-electron chi connectivity index (χ1n) is 5.78. The van der Waals surface area contributed by atoms with Gasteiger partial charge in [-0.2, -0.15) is 0 Å². The van der Waals surface area contributed by atoms with E-state index in [0.29, 0.717) is 16.6 Å². The molecule has 0 aliphatic rings. The Morgan fingerprint density at radius 1 is 1.28 bits per heavy atom. The number of aryl methyl sites for hydroxylation is 1. The lowest BCUT2D eigenvalue weighted by atomic mass is 9.97. The number of aromatic nitrogens is 2. The Balaban J connectivity index is 2.24. The highest BCUT2D eigenvalue weighted by atomic mass is 32.1. The van der Waals surface area contributed by atoms with Crippen LogP contribution in [-0.2, 0) is 0 Å². The molecule has 1 aromatic heterocycles. The number of carbonyl (C=O) groups is 1. The highest BCUT2D eigenvalue weighted by Gasteiger charge is 2.14. The summed E-state index contributed by atoms with van der Waals surface area (Å²) in [6, 6.07) is 7.62. The molecule has 94 valence electrons. The number of nitrogens with one attached hydrogen (secondary N) is 1. The smallest absolute Gasteiger partial charge is 0.257 e. The van der Waals surface area contributed by atoms with Crippen molar-refractivity contribution < 1.29 is 4.79 Å². The third kappa shape index (κ3) is 2.73. The van der Waals surface area contributed by atoms with E-state index in [4.69, 9.17) is 0 Å². The zero-order valence-electron chi connectivity index (χ0n) is 10.6. The maximum absolute atomic E-state index is 12.2. The summed E-state index contributed by atoms with van der Waals surface area (Å²) in [5.74, 6) is 0.179. The maximum atomic E-state index is 12.2. The summed E-state index contributed by atoms with van der Waals surface area (Å²) in [5.41, 5.74) is 1.73. The van der Waals surface area contributed by atoms with Gasteiger partial charge in [-0.15, -0.1) is 10.2 Å². The van der Waals surface area contributed by atoms with Crippen LogP contribution in [-0.4, -0.2) is 16.1 Å². The molecular weight excluding hydrogens is 246 g/mol. The molecule has 0 saturated carbocycles. The Hall–Kier alpha value is -1.75. The van der Waals surface area contributed by atoms with Gasteiger partial charge in [0, 0.05) is 5.56 Å². The Morgan fingerprint density at radius 2 is 2.00 bits per heavy atom. The fraction of sp³-hybridized carbons (Fsp3) is 0.308. The molecule has 0 aliphatic heterocycles. The molecule has 4 nitrogen and oxygen atoms in total. The van der Waals surface area contributed by atoms with E-state index in [0.717, 1.165) is 10.6 Å². The first kappa shape index (κ1) is 12.7. The molecule has 0 bridgehead atoms. The number of hydrogen-bond acceptors (Lipinski definition) is 4. The van der Waals surface area contributed by atoms with Gasteiger partial charge >= 0.3 is 0 Å². The molecule has 0 fully saturated rings. The molecule has 0 unspecified atom stereocenters. The summed E-state index contributed by atoms with van der Waals surface area (Å²) in [7, 11) is 0. The van der Waals surface area contributed by atoms with Gasteiger partial charge in [0.15, 0.2) is 0 Å². The van der Waals surface area contributed by atoms with Crippen LogP contribution in [0.5, 0.6) is 0 Å². The van der Waals surface area contributed by atoms with Crippen LogP contribution in [0, 0.1) is 6.92 Å². The van der Waals surface area contributed by atoms with Crippen LogP contribution in [0.1, 0.15) is 40.7 Å². The largest absolute Gasteiger partial charge is 0.296 e. The van der Waals surface area contributed by atoms with Crippen LogP contribution in [0.25, 0.3) is 0 Å². The van der Waals surface area contributed by atoms with E-state index in [-0.39, 0.29) is 5.91 Å². The van der Waals surface area contributed by atoms with E-state index in [1.54, 1.807) is 0 Å². The minimum atomic E-state index is -0.129. The highest BCUT2D eigenvalue weighted by molar-refractivity contribution is 7.15. The average Bonchev–Trinajstić information content (AvgIpc) is 2.74. The quantitative estimate of drug-likeness (QED) is 0.923. The monoisotopic (exact) mass is 261 g/mol. The van der Waals surface area contributed by atoms with Crippen LogP contribution in [0.4, 0.5) is 5.13 Å². The van der Waals surface area contributed by atoms with Crippen molar-refractivity contribution in [3.8, 4) is 0 Å². The molecular formula is C13H15N3OS. The van der Waals surface area contributed by atoms with Crippen molar-refractivity contribution in [2.45, 2.75) is 26.7 Å². The van der Waals surface area contributed by atoms with Crippen molar-refractivity contribution in [1.82, 2.24) is 10.2 Å². The predicted octanol–water partition coefficient (Wildman–Crippen LogP) is 3.22. The normalized spacial score (nSPS) is 10.7. The lowest BCUT2D eigenvalue weighted by molar-refractivity contribution is 0.102. The third-order valence-corrected chi connectivity index (χ3v) is 3.33. The van der Waals surface area contributed by atoms with Gasteiger partial charge in [0.2, 0.25) is 5.13 Å². The van der Waals surface area contributed by atoms with Gasteiger partial charge in [-0.05, 0) is 24.5 Å². The van der Waals surface area contributed by atoms with Gasteiger partial charge in [-0.3, -0.25) is 10.1 Å². The Labute approximate surface area is 110 Å². The van der Waals surface area contributed by atoms with E-state index >= 15 is 0 Å². The molecule has 2 aromatic rings. The molecule has 0 aliphatic carbocycles. The second kappa shape index (κ2) is 5.27. The van der Waals surface area contributed by atoms with Gasteiger partial charge in [-0.25, -0.2) is 0 Å². The van der Waals surface area contributed by atoms with Crippen LogP contribution >= 0.6 is 11.3 Å². The van der Waals surface area contributed by atoms with Crippen LogP contribution < -0.4 is 5.32 Å². The van der Waals surface area contributed by atoms with Crippen molar-refractivity contribution in [2.24, 2.45) is 0 Å². The zero-order chi connectivity index (χ0) is 13.1. The van der Waals surface area contributed by atoms with Crippen LogP contribution in [0.3, 0.4) is 0 Å². The summed E-state index contributed by atoms with van der Waals surface area (Å²) in [6.07, 6.45) is 0. The van der Waals surface area contributed by atoms with Crippen molar-refractivity contribution in [3.05, 3.63) is 40.4 Å². The van der Waals surface area contributed by atoms with E-state index in [1.165, 1.54) is 11.3 Å². The second-order valence-corrected chi connectivity index (χ2v) is 5.50. The molecule has 5 heteroatoms. The number of hydrogen-bond donors (Lipinski definition) is 1. The molecule has 0 saturated heterocycles. The molecule has 1 N–H and O–H groups in total. The molecule has 1 amide bonds. The number of benzene rings is 1. The van der Waals surface area contributed by atoms with E-state index in [9.17, 15) is 4.79 Å². The average molecular weight is 261 g/mol. The lowest BCUT2D eigenvalue weighted by Crippen LogP contribution is -2.14. The number of nitrogens with zero attached hydrogens (tertiary/aromatic N) is 2.